The average Bonchev–Trinajstić information content (AvgIpc) is 2.20. The van der Waals surface area contributed by atoms with Crippen molar-refractivity contribution >= 4 is 12.3 Å². The molecule has 0 aliphatic carbocycles. The van der Waals surface area contributed by atoms with Crippen LogP contribution in [0.1, 0.15) is 51.4 Å². The lowest BCUT2D eigenvalue weighted by Crippen LogP contribution is -1.93. The van der Waals surface area contributed by atoms with Gasteiger partial charge in [0, 0.05) is 12.8 Å². The molecule has 0 aliphatic heterocycles. The lowest BCUT2D eigenvalue weighted by atomic mass is 10.1. The molecule has 0 amide bonds. The van der Waals surface area contributed by atoms with Gasteiger partial charge in [-0.25, -0.2) is 0 Å². The topological polar surface area (TPSA) is 54.4 Å². The van der Waals surface area contributed by atoms with Gasteiger partial charge in [-0.2, -0.15) is 0 Å². The molecule has 0 saturated carbocycles. The summed E-state index contributed by atoms with van der Waals surface area (Å²) in [7, 11) is 0. The molecular weight excluding hydrogens is 192 g/mol. The van der Waals surface area contributed by atoms with Gasteiger partial charge in [0.05, 0.1) is 0 Å². The third kappa shape index (κ3) is 12.9. The van der Waals surface area contributed by atoms with Crippen LogP contribution in [-0.4, -0.2) is 17.4 Å². The standard InChI is InChI=1S/C12H20O3/c13-11-9-7-5-3-1-2-4-6-8-10-12(14)15/h3,5,11H,1-2,4,6-10H2,(H,14,15)/b5-3+. The van der Waals surface area contributed by atoms with Gasteiger partial charge in [-0.1, -0.05) is 25.0 Å². The van der Waals surface area contributed by atoms with E-state index in [0.717, 1.165) is 44.8 Å². The number of allylic oxidation sites excluding steroid dienone is 2. The number of carbonyl (C=O) groups is 2. The van der Waals surface area contributed by atoms with Gasteiger partial charge in [0.2, 0.25) is 0 Å². The molecule has 0 spiro atoms. The number of carboxylic acids is 1. The summed E-state index contributed by atoms with van der Waals surface area (Å²) in [4.78, 5) is 20.2. The number of carbonyl (C=O) groups excluding carboxylic acids is 1. The van der Waals surface area contributed by atoms with Crippen LogP contribution in [0.25, 0.3) is 0 Å². The molecule has 15 heavy (non-hydrogen) atoms. The van der Waals surface area contributed by atoms with E-state index >= 15 is 0 Å². The second-order valence-corrected chi connectivity index (χ2v) is 3.56. The number of unbranched alkanes of at least 4 members (excludes halogenated alkanes) is 5. The van der Waals surface area contributed by atoms with Crippen molar-refractivity contribution in [2.45, 2.75) is 51.4 Å². The monoisotopic (exact) mass is 212 g/mol. The van der Waals surface area contributed by atoms with Gasteiger partial charge in [-0.3, -0.25) is 4.79 Å². The summed E-state index contributed by atoms with van der Waals surface area (Å²) < 4.78 is 0. The molecule has 0 aromatic rings. The van der Waals surface area contributed by atoms with E-state index in [1.165, 1.54) is 0 Å². The summed E-state index contributed by atoms with van der Waals surface area (Å²) in [6, 6.07) is 0. The Kier molecular flexibility index (Phi) is 10.1. The van der Waals surface area contributed by atoms with Gasteiger partial charge < -0.3 is 9.90 Å². The third-order valence-electron chi connectivity index (χ3n) is 2.13. The molecule has 0 aromatic heterocycles. The zero-order valence-corrected chi connectivity index (χ0v) is 9.15. The molecule has 0 rings (SSSR count). The number of aliphatic carboxylic acids is 1. The Labute approximate surface area is 91.2 Å². The normalized spacial score (nSPS) is 10.7. The fourth-order valence-electron chi connectivity index (χ4n) is 1.29. The molecule has 0 unspecified atom stereocenters. The number of carboxylic acid groups (broad SMARTS) is 1. The second-order valence-electron chi connectivity index (χ2n) is 3.56. The molecule has 0 aromatic carbocycles. The molecule has 1 N–H and O–H groups in total. The minimum absolute atomic E-state index is 0.287. The van der Waals surface area contributed by atoms with Crippen molar-refractivity contribution in [1.29, 1.82) is 0 Å². The van der Waals surface area contributed by atoms with E-state index in [1.54, 1.807) is 0 Å². The molecule has 3 nitrogen and oxygen atoms in total. The van der Waals surface area contributed by atoms with Crippen LogP contribution in [0.15, 0.2) is 12.2 Å². The van der Waals surface area contributed by atoms with Crippen LogP contribution in [0.5, 0.6) is 0 Å². The Balaban J connectivity index is 3.07. The van der Waals surface area contributed by atoms with Crippen molar-refractivity contribution in [2.24, 2.45) is 0 Å². The summed E-state index contributed by atoms with van der Waals surface area (Å²) in [5.74, 6) is -0.705. The maximum Gasteiger partial charge on any atom is 0.303 e. The minimum Gasteiger partial charge on any atom is -0.481 e. The van der Waals surface area contributed by atoms with E-state index in [-0.39, 0.29) is 6.42 Å². The van der Waals surface area contributed by atoms with Gasteiger partial charge in [0.25, 0.3) is 0 Å². The number of rotatable bonds is 10. The number of hydrogen-bond acceptors (Lipinski definition) is 2. The minimum atomic E-state index is -0.705. The van der Waals surface area contributed by atoms with E-state index < -0.39 is 5.97 Å². The number of aldehydes is 1. The molecule has 3 heteroatoms. The Bertz CT molecular complexity index is 197. The van der Waals surface area contributed by atoms with Crippen molar-refractivity contribution in [1.82, 2.24) is 0 Å². The van der Waals surface area contributed by atoms with Crippen LogP contribution >= 0.6 is 0 Å². The van der Waals surface area contributed by atoms with Crippen molar-refractivity contribution < 1.29 is 14.7 Å². The van der Waals surface area contributed by atoms with Crippen LogP contribution in [0.3, 0.4) is 0 Å². The third-order valence-corrected chi connectivity index (χ3v) is 2.13. The first-order chi connectivity index (χ1) is 7.27. The highest BCUT2D eigenvalue weighted by molar-refractivity contribution is 5.66. The quantitative estimate of drug-likeness (QED) is 0.344. The van der Waals surface area contributed by atoms with Crippen molar-refractivity contribution in [3.63, 3.8) is 0 Å². The lowest BCUT2D eigenvalue weighted by molar-refractivity contribution is -0.137. The van der Waals surface area contributed by atoms with Gasteiger partial charge in [-0.15, -0.1) is 0 Å². The van der Waals surface area contributed by atoms with E-state index in [9.17, 15) is 9.59 Å². The molecule has 86 valence electrons. The SMILES string of the molecule is O=CCC/C=C/CCCCCCC(=O)O. The van der Waals surface area contributed by atoms with E-state index in [2.05, 4.69) is 6.08 Å². The molecule has 0 heterocycles. The zero-order chi connectivity index (χ0) is 11.4. The zero-order valence-electron chi connectivity index (χ0n) is 9.15. The first kappa shape index (κ1) is 13.9. The van der Waals surface area contributed by atoms with Crippen LogP contribution in [0.4, 0.5) is 0 Å². The molecule has 0 atom stereocenters. The van der Waals surface area contributed by atoms with E-state index in [4.69, 9.17) is 5.11 Å². The molecule has 0 aliphatic rings. The number of hydrogen-bond donors (Lipinski definition) is 1. The van der Waals surface area contributed by atoms with Crippen molar-refractivity contribution in [3.8, 4) is 0 Å². The van der Waals surface area contributed by atoms with Crippen molar-refractivity contribution in [2.75, 3.05) is 0 Å². The molecule has 0 radical (unpaired) electrons. The summed E-state index contributed by atoms with van der Waals surface area (Å²) in [6.45, 7) is 0. The van der Waals surface area contributed by atoms with E-state index in [1.807, 2.05) is 6.08 Å². The second kappa shape index (κ2) is 11.0. The molecule has 0 fully saturated rings. The van der Waals surface area contributed by atoms with Crippen LogP contribution in [-0.2, 0) is 9.59 Å². The smallest absolute Gasteiger partial charge is 0.303 e. The predicted molar refractivity (Wildman–Crippen MR) is 59.8 cm³/mol. The van der Waals surface area contributed by atoms with Crippen LogP contribution in [0, 0.1) is 0 Å². The Morgan fingerprint density at radius 2 is 1.60 bits per heavy atom. The van der Waals surface area contributed by atoms with Crippen LogP contribution in [0.2, 0.25) is 0 Å². The fourth-order valence-corrected chi connectivity index (χ4v) is 1.29. The molecule has 0 bridgehead atoms. The molecule has 0 saturated heterocycles. The first-order valence-corrected chi connectivity index (χ1v) is 5.58. The van der Waals surface area contributed by atoms with Gasteiger partial charge in [-0.05, 0) is 25.7 Å². The summed E-state index contributed by atoms with van der Waals surface area (Å²) >= 11 is 0. The lowest BCUT2D eigenvalue weighted by Gasteiger charge is -1.96. The largest absolute Gasteiger partial charge is 0.481 e. The van der Waals surface area contributed by atoms with E-state index in [0.29, 0.717) is 6.42 Å². The van der Waals surface area contributed by atoms with Gasteiger partial charge in [0.15, 0.2) is 0 Å². The summed E-state index contributed by atoms with van der Waals surface area (Å²) in [5, 5.41) is 8.40. The van der Waals surface area contributed by atoms with Crippen molar-refractivity contribution in [3.05, 3.63) is 12.2 Å². The summed E-state index contributed by atoms with van der Waals surface area (Å²) in [5.41, 5.74) is 0. The Morgan fingerprint density at radius 3 is 2.27 bits per heavy atom. The highest BCUT2D eigenvalue weighted by Crippen LogP contribution is 2.06. The highest BCUT2D eigenvalue weighted by Gasteiger charge is 1.95. The van der Waals surface area contributed by atoms with Crippen LogP contribution < -0.4 is 0 Å². The predicted octanol–water partition coefficient (Wildman–Crippen LogP) is 2.95. The highest BCUT2D eigenvalue weighted by atomic mass is 16.4. The maximum absolute atomic E-state index is 10.2. The summed E-state index contributed by atoms with van der Waals surface area (Å²) in [6.07, 6.45) is 11.8. The average molecular weight is 212 g/mol. The Hall–Kier alpha value is -1.12. The molecular formula is C12H20O3. The van der Waals surface area contributed by atoms with Gasteiger partial charge >= 0.3 is 5.97 Å². The fraction of sp³-hybridized carbons (Fsp3) is 0.667. The van der Waals surface area contributed by atoms with Gasteiger partial charge in [0.1, 0.15) is 6.29 Å². The first-order valence-electron chi connectivity index (χ1n) is 5.58. The Morgan fingerprint density at radius 1 is 0.933 bits per heavy atom. The maximum atomic E-state index is 10.2.